The Labute approximate surface area is 166 Å². The zero-order valence-corrected chi connectivity index (χ0v) is 16.5. The molecule has 0 aromatic heterocycles. The molecule has 0 N–H and O–H groups in total. The molecule has 0 unspecified atom stereocenters. The number of halogens is 4. The topological polar surface area (TPSA) is 55.8 Å². The van der Waals surface area contributed by atoms with E-state index in [-0.39, 0.29) is 27.9 Å². The van der Waals surface area contributed by atoms with Crippen LogP contribution in [0.4, 0.5) is 18.9 Å². The monoisotopic (exact) mass is 435 g/mol. The van der Waals surface area contributed by atoms with Crippen LogP contribution in [0.25, 0.3) is 0 Å². The van der Waals surface area contributed by atoms with E-state index < -0.39 is 21.8 Å². The predicted molar refractivity (Wildman–Crippen MR) is 101 cm³/mol. The van der Waals surface area contributed by atoms with Crippen molar-refractivity contribution < 1.29 is 31.1 Å². The molecule has 0 saturated carbocycles. The highest BCUT2D eigenvalue weighted by Gasteiger charge is 2.33. The van der Waals surface area contributed by atoms with Gasteiger partial charge in [-0.3, -0.25) is 4.31 Å². The van der Waals surface area contributed by atoms with Crippen LogP contribution in [0.1, 0.15) is 5.56 Å². The van der Waals surface area contributed by atoms with E-state index in [1.165, 1.54) is 38.5 Å². The smallest absolute Gasteiger partial charge is 0.416 e. The van der Waals surface area contributed by atoms with Gasteiger partial charge in [-0.25, -0.2) is 8.42 Å². The number of nitrogens with zero attached hydrogens (tertiary/aromatic N) is 1. The summed E-state index contributed by atoms with van der Waals surface area (Å²) in [5, 5.41) is -0.154. The number of anilines is 1. The first-order chi connectivity index (χ1) is 13.1. The second-order valence-electron chi connectivity index (χ2n) is 5.51. The number of rotatable bonds is 7. The third-order valence-corrected chi connectivity index (χ3v) is 5.88. The van der Waals surface area contributed by atoms with E-state index in [9.17, 15) is 21.6 Å². The number of ether oxygens (including phenoxy) is 2. The standard InChI is InChI=1S/C18H17ClF3NO4S/c1-4-9-23(15-10-12(18(20,21)22)5-7-14(15)19)28(24,25)13-6-8-16(26-2)17(11-13)27-3/h4-8,10-11H,1,9H2,2-3H3. The highest BCUT2D eigenvalue weighted by Crippen LogP contribution is 2.38. The van der Waals surface area contributed by atoms with E-state index >= 15 is 0 Å². The van der Waals surface area contributed by atoms with Crippen LogP contribution >= 0.6 is 11.6 Å². The molecule has 0 heterocycles. The summed E-state index contributed by atoms with van der Waals surface area (Å²) in [6, 6.07) is 6.32. The lowest BCUT2D eigenvalue weighted by Crippen LogP contribution is -2.31. The van der Waals surface area contributed by atoms with Crippen LogP contribution in [-0.2, 0) is 16.2 Å². The summed E-state index contributed by atoms with van der Waals surface area (Å²) >= 11 is 6.02. The van der Waals surface area contributed by atoms with Gasteiger partial charge in [0.15, 0.2) is 11.5 Å². The van der Waals surface area contributed by atoms with Gasteiger partial charge in [0.05, 0.1) is 41.9 Å². The molecule has 0 aliphatic rings. The molecule has 0 bridgehead atoms. The lowest BCUT2D eigenvalue weighted by molar-refractivity contribution is -0.137. The van der Waals surface area contributed by atoms with Crippen LogP contribution in [0.3, 0.4) is 0 Å². The maximum absolute atomic E-state index is 13.1. The molecule has 0 atom stereocenters. The van der Waals surface area contributed by atoms with E-state index in [1.54, 1.807) is 0 Å². The Morgan fingerprint density at radius 1 is 1.11 bits per heavy atom. The Bertz CT molecular complexity index is 977. The Morgan fingerprint density at radius 3 is 2.29 bits per heavy atom. The molecule has 2 aromatic carbocycles. The SMILES string of the molecule is C=CCN(c1cc(C(F)(F)F)ccc1Cl)S(=O)(=O)c1ccc(OC)c(OC)c1. The summed E-state index contributed by atoms with van der Waals surface area (Å²) < 4.78 is 76.5. The lowest BCUT2D eigenvalue weighted by atomic mass is 10.2. The molecule has 10 heteroatoms. The van der Waals surface area contributed by atoms with Crippen LogP contribution in [-0.4, -0.2) is 29.2 Å². The van der Waals surface area contributed by atoms with Crippen molar-refractivity contribution >= 4 is 27.3 Å². The Balaban J connectivity index is 2.65. The molecule has 2 rings (SSSR count). The molecular weight excluding hydrogens is 419 g/mol. The molecular formula is C18H17ClF3NO4S. The lowest BCUT2D eigenvalue weighted by Gasteiger charge is -2.25. The maximum atomic E-state index is 13.1. The molecule has 0 amide bonds. The first kappa shape index (κ1) is 21.9. The van der Waals surface area contributed by atoms with Gasteiger partial charge in [0.25, 0.3) is 10.0 Å². The molecule has 0 spiro atoms. The minimum absolute atomic E-state index is 0.150. The molecule has 0 aliphatic carbocycles. The molecule has 5 nitrogen and oxygen atoms in total. The molecule has 0 saturated heterocycles. The van der Waals surface area contributed by atoms with Crippen molar-refractivity contribution in [2.75, 3.05) is 25.1 Å². The first-order valence-electron chi connectivity index (χ1n) is 7.78. The molecule has 152 valence electrons. The van der Waals surface area contributed by atoms with Crippen molar-refractivity contribution in [2.45, 2.75) is 11.1 Å². The summed E-state index contributed by atoms with van der Waals surface area (Å²) in [5.74, 6) is 0.450. The highest BCUT2D eigenvalue weighted by atomic mass is 35.5. The summed E-state index contributed by atoms with van der Waals surface area (Å²) in [5.41, 5.74) is -1.34. The third kappa shape index (κ3) is 4.36. The van der Waals surface area contributed by atoms with Gasteiger partial charge in [0.1, 0.15) is 0 Å². The number of alkyl halides is 3. The van der Waals surface area contributed by atoms with Gasteiger partial charge in [0.2, 0.25) is 0 Å². The number of hydrogen-bond donors (Lipinski definition) is 0. The molecule has 0 aliphatic heterocycles. The minimum Gasteiger partial charge on any atom is -0.493 e. The van der Waals surface area contributed by atoms with Crippen LogP contribution in [0, 0.1) is 0 Å². The van der Waals surface area contributed by atoms with Gasteiger partial charge < -0.3 is 9.47 Å². The summed E-state index contributed by atoms with van der Waals surface area (Å²) in [4.78, 5) is -0.208. The predicted octanol–water partition coefficient (Wildman–Crippen LogP) is 4.76. The first-order valence-corrected chi connectivity index (χ1v) is 9.60. The van der Waals surface area contributed by atoms with Gasteiger partial charge >= 0.3 is 6.18 Å². The number of sulfonamides is 1. The van der Waals surface area contributed by atoms with Gasteiger partial charge in [-0.05, 0) is 30.3 Å². The van der Waals surface area contributed by atoms with E-state index in [0.717, 1.165) is 16.4 Å². The zero-order valence-electron chi connectivity index (χ0n) is 15.0. The van der Waals surface area contributed by atoms with Crippen LogP contribution in [0.5, 0.6) is 11.5 Å². The molecule has 0 fully saturated rings. The Hall–Kier alpha value is -2.39. The van der Waals surface area contributed by atoms with Crippen molar-refractivity contribution in [1.29, 1.82) is 0 Å². The summed E-state index contributed by atoms with van der Waals surface area (Å²) in [7, 11) is -1.56. The molecule has 28 heavy (non-hydrogen) atoms. The average molecular weight is 436 g/mol. The van der Waals surface area contributed by atoms with E-state index in [2.05, 4.69) is 6.58 Å². The van der Waals surface area contributed by atoms with E-state index in [0.29, 0.717) is 11.8 Å². The van der Waals surface area contributed by atoms with E-state index in [4.69, 9.17) is 21.1 Å². The van der Waals surface area contributed by atoms with Gasteiger partial charge in [-0.1, -0.05) is 17.7 Å². The molecule has 0 radical (unpaired) electrons. The average Bonchev–Trinajstić information content (AvgIpc) is 2.65. The second kappa shape index (κ2) is 8.32. The Kier molecular flexibility index (Phi) is 6.51. The van der Waals surface area contributed by atoms with Crippen molar-refractivity contribution in [1.82, 2.24) is 0 Å². The van der Waals surface area contributed by atoms with Crippen molar-refractivity contribution in [2.24, 2.45) is 0 Å². The van der Waals surface area contributed by atoms with Crippen LogP contribution in [0.15, 0.2) is 53.9 Å². The quantitative estimate of drug-likeness (QED) is 0.588. The molecule has 2 aromatic rings. The summed E-state index contributed by atoms with van der Waals surface area (Å²) in [6.45, 7) is 3.19. The fourth-order valence-electron chi connectivity index (χ4n) is 2.43. The van der Waals surface area contributed by atoms with Gasteiger partial charge in [-0.2, -0.15) is 13.2 Å². The fraction of sp³-hybridized carbons (Fsp3) is 0.222. The number of hydrogen-bond acceptors (Lipinski definition) is 4. The number of benzene rings is 2. The highest BCUT2D eigenvalue weighted by molar-refractivity contribution is 7.92. The largest absolute Gasteiger partial charge is 0.493 e. The van der Waals surface area contributed by atoms with Crippen molar-refractivity contribution in [3.05, 3.63) is 59.6 Å². The van der Waals surface area contributed by atoms with Gasteiger partial charge in [0, 0.05) is 6.07 Å². The Morgan fingerprint density at radius 2 is 1.75 bits per heavy atom. The van der Waals surface area contributed by atoms with Crippen molar-refractivity contribution in [3.8, 4) is 11.5 Å². The third-order valence-electron chi connectivity index (χ3n) is 3.78. The van der Waals surface area contributed by atoms with Gasteiger partial charge in [-0.15, -0.1) is 6.58 Å². The maximum Gasteiger partial charge on any atom is 0.416 e. The second-order valence-corrected chi connectivity index (χ2v) is 7.78. The van der Waals surface area contributed by atoms with Crippen molar-refractivity contribution in [3.63, 3.8) is 0 Å². The van der Waals surface area contributed by atoms with Crippen LogP contribution in [0.2, 0.25) is 5.02 Å². The van der Waals surface area contributed by atoms with E-state index in [1.807, 2.05) is 0 Å². The summed E-state index contributed by atoms with van der Waals surface area (Å²) in [6.07, 6.45) is -3.42. The minimum atomic E-state index is -4.66. The zero-order chi connectivity index (χ0) is 21.1. The van der Waals surface area contributed by atoms with Crippen LogP contribution < -0.4 is 13.8 Å². The normalized spacial score (nSPS) is 11.8. The fourth-order valence-corrected chi connectivity index (χ4v) is 4.16. The number of methoxy groups -OCH3 is 2.